The Balaban J connectivity index is 0.000000111. The molecule has 30 rings (SSSR count). The van der Waals surface area contributed by atoms with Gasteiger partial charge >= 0.3 is 0 Å². The van der Waals surface area contributed by atoms with E-state index in [-0.39, 0.29) is 21.7 Å². The molecular weight excluding hydrogens is 1800 g/mol. The first kappa shape index (κ1) is 89.9. The number of hydrogen-bond acceptors (Lipinski definition) is 0. The SMILES string of the molecule is CC1(C)C2=C(CCC(c3c4ccccc4c(-c4ccc5c(c4)C(C)(C)c4ccccc4-5)c4ccc(-c5ccc6c(c5)C(C)(C)c5ccccc5-6)cc34)=C2)c2ccccc21.CC1(C)c2cc(-c3ccc4c(-c5ccc6ccccc6c5)c5ccccc5c(-c5ccc6ccccc6c5)c4c3)ccc2-c2ccc3ccccc3c21.c1ccc(-c2ccc(-c3c4ccccc4c(-c4ccccc4)c4ccc(-c5ccccc5)cc34)cc2)cc1. The average Bonchev–Trinajstić information content (AvgIpc) is 1.24. The summed E-state index contributed by atoms with van der Waals surface area (Å²) in [6, 6.07) is 183. The summed E-state index contributed by atoms with van der Waals surface area (Å²) in [5.41, 5.74) is 47.8. The fourth-order valence-corrected chi connectivity index (χ4v) is 27.1. The van der Waals surface area contributed by atoms with Crippen LogP contribution in [0, 0.1) is 0 Å². The lowest BCUT2D eigenvalue weighted by molar-refractivity contribution is 0.652. The molecule has 0 bridgehead atoms. The lowest BCUT2D eigenvalue weighted by Gasteiger charge is -2.27. The highest BCUT2D eigenvalue weighted by Crippen LogP contribution is 2.60. The molecule has 5 aliphatic carbocycles. The second-order valence-corrected chi connectivity index (χ2v) is 44.2. The second-order valence-electron chi connectivity index (χ2n) is 44.2. The van der Waals surface area contributed by atoms with Crippen molar-refractivity contribution < 1.29 is 0 Å². The molecule has 0 aliphatic heterocycles. The molecule has 25 aromatic carbocycles. The van der Waals surface area contributed by atoms with Gasteiger partial charge in [0.05, 0.1) is 0 Å². The number of benzene rings is 25. The summed E-state index contributed by atoms with van der Waals surface area (Å²) in [7, 11) is 0. The van der Waals surface area contributed by atoms with E-state index < -0.39 is 0 Å². The van der Waals surface area contributed by atoms with Crippen molar-refractivity contribution in [2.45, 2.75) is 89.9 Å². The van der Waals surface area contributed by atoms with Gasteiger partial charge in [-0.25, -0.2) is 0 Å². The zero-order chi connectivity index (χ0) is 101. The Labute approximate surface area is 878 Å². The van der Waals surface area contributed by atoms with Crippen LogP contribution in [0.5, 0.6) is 0 Å². The molecule has 0 nitrogen and oxygen atoms in total. The maximum atomic E-state index is 2.59. The summed E-state index contributed by atoms with van der Waals surface area (Å²) < 4.78 is 0. The van der Waals surface area contributed by atoms with Crippen LogP contribution in [-0.2, 0) is 21.7 Å². The minimum absolute atomic E-state index is 0.0438. The fourth-order valence-electron chi connectivity index (χ4n) is 27.1. The maximum Gasteiger partial charge on any atom is 0.0165 e. The third-order valence-electron chi connectivity index (χ3n) is 34.5. The second kappa shape index (κ2) is 35.0. The molecule has 0 heterocycles. The smallest absolute Gasteiger partial charge is 0.0165 e. The predicted octanol–water partition coefficient (Wildman–Crippen LogP) is 41.3. The van der Waals surface area contributed by atoms with Crippen LogP contribution in [0.2, 0.25) is 0 Å². The van der Waals surface area contributed by atoms with Crippen molar-refractivity contribution in [2.75, 3.05) is 0 Å². The molecule has 0 atom stereocenters. The standard InChI is InChI=1S/C59H48.C53H36.C38H26/c1-57(2)49-20-12-9-15-39(49)42-27-23-36(32-52(42)57)35-24-30-47-48(31-35)56(38-26-29-44-41-17-11-14-22-51(41)59(5,6)54(44)34-38)46-19-8-7-18-45(46)55(47)37-25-28-43-40-16-10-13-21-50(40)58(3,4)53(43)33-37;1-53(2)49-32-39(24-26-43(49)47-28-23-35-13-7-8-16-42(35)52(47)53)38-25-27-46-48(31-38)51(41-22-20-34-12-4-6-15-37(34)30-41)45-18-10-9-17-44(45)50(46)40-21-19-33-11-3-5-14-36(33)29-40;1-4-12-27(13-5-1)29-20-22-31(23-21-29)38-34-19-11-10-18-33(34)37(30-16-8-3-9-17-30)35-25-24-32(26-36(35)38)28-14-6-2-7-15-28/h7-25,27-28,30-34H,26,29H2,1-6H3;3-32H,1-2H3;1-26H. The zero-order valence-corrected chi connectivity index (χ0v) is 85.8. The largest absolute Gasteiger partial charge is 0.0622 e. The van der Waals surface area contributed by atoms with E-state index in [2.05, 4.69) is 553 Å². The van der Waals surface area contributed by atoms with Gasteiger partial charge in [-0.2, -0.15) is 0 Å². The van der Waals surface area contributed by atoms with Crippen molar-refractivity contribution >= 4 is 108 Å². The lowest BCUT2D eigenvalue weighted by atomic mass is 9.76. The van der Waals surface area contributed by atoms with Crippen molar-refractivity contribution in [3.8, 4) is 134 Å². The van der Waals surface area contributed by atoms with Gasteiger partial charge in [0.1, 0.15) is 0 Å². The molecule has 0 N–H and O–H groups in total. The fraction of sp³-hybridized carbons (Fsp3) is 0.0933. The molecule has 0 heteroatoms. The molecule has 0 radical (unpaired) electrons. The van der Waals surface area contributed by atoms with Crippen molar-refractivity contribution in [2.24, 2.45) is 0 Å². The van der Waals surface area contributed by atoms with E-state index in [0.717, 1.165) is 12.8 Å². The highest BCUT2D eigenvalue weighted by Gasteiger charge is 2.42. The van der Waals surface area contributed by atoms with Crippen molar-refractivity contribution in [3.63, 3.8) is 0 Å². The summed E-state index contributed by atoms with van der Waals surface area (Å²) in [6.45, 7) is 19.2. The minimum atomic E-state index is -0.117. The van der Waals surface area contributed by atoms with Gasteiger partial charge in [-0.15, -0.1) is 0 Å². The van der Waals surface area contributed by atoms with Gasteiger partial charge in [0, 0.05) is 21.7 Å². The first-order valence-electron chi connectivity index (χ1n) is 53.3. The quantitative estimate of drug-likeness (QED) is 0.120. The Hall–Kier alpha value is -17.7. The van der Waals surface area contributed by atoms with E-state index in [9.17, 15) is 0 Å². The van der Waals surface area contributed by atoms with Crippen LogP contribution in [0.1, 0.15) is 118 Å². The Morgan fingerprint density at radius 2 is 0.420 bits per heavy atom. The molecular formula is C150H110. The van der Waals surface area contributed by atoms with E-state index in [4.69, 9.17) is 0 Å². The van der Waals surface area contributed by atoms with Crippen molar-refractivity contribution in [1.29, 1.82) is 0 Å². The van der Waals surface area contributed by atoms with Gasteiger partial charge in [0.15, 0.2) is 0 Å². The van der Waals surface area contributed by atoms with Crippen LogP contribution >= 0.6 is 0 Å². The molecule has 150 heavy (non-hydrogen) atoms. The Kier molecular flexibility index (Phi) is 21.0. The number of fused-ring (bicyclic) bond motifs is 21. The van der Waals surface area contributed by atoms with E-state index in [1.807, 2.05) is 0 Å². The molecule has 5 aliphatic rings. The molecule has 710 valence electrons. The molecule has 25 aromatic rings. The summed E-state index contributed by atoms with van der Waals surface area (Å²) in [4.78, 5) is 0. The average molecular weight is 1910 g/mol. The third kappa shape index (κ3) is 14.4. The van der Waals surface area contributed by atoms with E-state index >= 15 is 0 Å². The Bertz CT molecular complexity index is 10000. The zero-order valence-electron chi connectivity index (χ0n) is 85.8. The van der Waals surface area contributed by atoms with Crippen LogP contribution in [0.4, 0.5) is 0 Å². The monoisotopic (exact) mass is 1910 g/mol. The molecule has 0 saturated heterocycles. The normalized spacial score (nSPS) is 14.3. The number of rotatable bonds is 10. The van der Waals surface area contributed by atoms with Crippen LogP contribution in [-0.4, -0.2) is 0 Å². The van der Waals surface area contributed by atoms with Crippen LogP contribution < -0.4 is 0 Å². The molecule has 0 spiro atoms. The molecule has 0 unspecified atom stereocenters. The first-order chi connectivity index (χ1) is 73.4. The van der Waals surface area contributed by atoms with Gasteiger partial charge in [-0.05, 0) is 359 Å². The van der Waals surface area contributed by atoms with Crippen molar-refractivity contribution in [1.82, 2.24) is 0 Å². The van der Waals surface area contributed by atoms with Crippen LogP contribution in [0.3, 0.4) is 0 Å². The van der Waals surface area contributed by atoms with E-state index in [0.29, 0.717) is 0 Å². The lowest BCUT2D eigenvalue weighted by Crippen LogP contribution is -2.17. The van der Waals surface area contributed by atoms with Crippen LogP contribution in [0.15, 0.2) is 503 Å². The summed E-state index contributed by atoms with van der Waals surface area (Å²) >= 11 is 0. The predicted molar refractivity (Wildman–Crippen MR) is 642 cm³/mol. The minimum Gasteiger partial charge on any atom is -0.0622 e. The van der Waals surface area contributed by atoms with Crippen molar-refractivity contribution in [3.05, 3.63) is 553 Å². The molecule has 0 aromatic heterocycles. The van der Waals surface area contributed by atoms with E-state index in [1.54, 1.807) is 0 Å². The Morgan fingerprint density at radius 3 is 0.913 bits per heavy atom. The van der Waals surface area contributed by atoms with E-state index in [1.165, 1.54) is 297 Å². The molecule has 0 fully saturated rings. The third-order valence-corrected chi connectivity index (χ3v) is 34.5. The highest BCUT2D eigenvalue weighted by atomic mass is 14.5. The maximum absolute atomic E-state index is 2.59. The summed E-state index contributed by atoms with van der Waals surface area (Å²) in [5, 5.41) is 23.2. The van der Waals surface area contributed by atoms with Gasteiger partial charge in [-0.1, -0.05) is 504 Å². The summed E-state index contributed by atoms with van der Waals surface area (Å²) in [6.07, 6.45) is 4.67. The number of allylic oxidation sites excluding steroid dienone is 4. The van der Waals surface area contributed by atoms with Gasteiger partial charge in [0.2, 0.25) is 0 Å². The number of hydrogen-bond donors (Lipinski definition) is 0. The Morgan fingerprint density at radius 1 is 0.147 bits per heavy atom. The van der Waals surface area contributed by atoms with Gasteiger partial charge in [-0.3, -0.25) is 0 Å². The topological polar surface area (TPSA) is 0 Å². The van der Waals surface area contributed by atoms with Crippen LogP contribution in [0.25, 0.3) is 242 Å². The summed E-state index contributed by atoms with van der Waals surface area (Å²) in [5.74, 6) is 0. The van der Waals surface area contributed by atoms with Gasteiger partial charge < -0.3 is 0 Å². The highest BCUT2D eigenvalue weighted by molar-refractivity contribution is 6.26. The molecule has 0 saturated carbocycles. The molecule has 0 amide bonds. The van der Waals surface area contributed by atoms with Gasteiger partial charge in [0.25, 0.3) is 0 Å². The first-order valence-corrected chi connectivity index (χ1v) is 53.3.